The van der Waals surface area contributed by atoms with Crippen molar-refractivity contribution in [3.63, 3.8) is 0 Å². The maximum atomic E-state index is 12.9. The fraction of sp³-hybridized carbons (Fsp3) is 0.300. The van der Waals surface area contributed by atoms with E-state index in [1.807, 2.05) is 0 Å². The number of hydrogen-bond donors (Lipinski definition) is 2. The minimum absolute atomic E-state index is 0.182. The molecular weight excluding hydrogens is 204 g/mol. The summed E-state index contributed by atoms with van der Waals surface area (Å²) in [5, 5.41) is 11.5. The van der Waals surface area contributed by atoms with Gasteiger partial charge in [-0.25, -0.2) is 8.78 Å². The number of fused-ring (bicyclic) bond motifs is 1. The molecule has 3 nitrogen and oxygen atoms in total. The van der Waals surface area contributed by atoms with Crippen molar-refractivity contribution in [3.8, 4) is 0 Å². The zero-order chi connectivity index (χ0) is 11.0. The van der Waals surface area contributed by atoms with Crippen molar-refractivity contribution in [3.05, 3.63) is 34.9 Å². The minimum atomic E-state index is -0.981. The van der Waals surface area contributed by atoms with Crippen LogP contribution in [0, 0.1) is 11.6 Å². The van der Waals surface area contributed by atoms with Crippen LogP contribution in [0.2, 0.25) is 0 Å². The van der Waals surface area contributed by atoms with Gasteiger partial charge in [0.15, 0.2) is 11.6 Å². The van der Waals surface area contributed by atoms with Crippen LogP contribution >= 0.6 is 0 Å². The van der Waals surface area contributed by atoms with Crippen molar-refractivity contribution < 1.29 is 18.7 Å². The molecule has 0 saturated carbocycles. The lowest BCUT2D eigenvalue weighted by atomic mass is 9.95. The number of carboxylic acid groups (broad SMARTS) is 1. The van der Waals surface area contributed by atoms with Crippen molar-refractivity contribution in [1.82, 2.24) is 5.32 Å². The fourth-order valence-corrected chi connectivity index (χ4v) is 1.68. The Kier molecular flexibility index (Phi) is 2.40. The van der Waals surface area contributed by atoms with Gasteiger partial charge in [-0.3, -0.25) is 4.79 Å². The summed E-state index contributed by atoms with van der Waals surface area (Å²) in [6.07, 6.45) is 0.182. The van der Waals surface area contributed by atoms with E-state index < -0.39 is 23.6 Å². The molecule has 1 aliphatic rings. The van der Waals surface area contributed by atoms with E-state index in [9.17, 15) is 13.6 Å². The summed E-state index contributed by atoms with van der Waals surface area (Å²) in [6.45, 7) is 0.253. The molecule has 0 radical (unpaired) electrons. The highest BCUT2D eigenvalue weighted by molar-refractivity contribution is 5.74. The third-order valence-electron chi connectivity index (χ3n) is 2.50. The lowest BCUT2D eigenvalue weighted by molar-refractivity contribution is -0.139. The first-order valence-corrected chi connectivity index (χ1v) is 4.51. The number of halogens is 2. The number of hydrogen-bond acceptors (Lipinski definition) is 2. The number of carbonyl (C=O) groups is 1. The Morgan fingerprint density at radius 2 is 1.93 bits per heavy atom. The summed E-state index contributed by atoms with van der Waals surface area (Å²) in [6, 6.07) is 1.46. The topological polar surface area (TPSA) is 49.3 Å². The molecule has 0 unspecified atom stereocenters. The van der Waals surface area contributed by atoms with Gasteiger partial charge in [0.2, 0.25) is 0 Å². The van der Waals surface area contributed by atoms with Crippen LogP contribution in [0.3, 0.4) is 0 Å². The third kappa shape index (κ3) is 1.83. The van der Waals surface area contributed by atoms with Gasteiger partial charge in [-0.1, -0.05) is 0 Å². The van der Waals surface area contributed by atoms with Crippen molar-refractivity contribution in [1.29, 1.82) is 0 Å². The SMILES string of the molecule is O=C(O)[C@H]1Cc2cc(F)c(F)cc2CN1. The molecule has 0 amide bonds. The zero-order valence-electron chi connectivity index (χ0n) is 7.76. The number of aliphatic carboxylic acids is 1. The van der Waals surface area contributed by atoms with Crippen LogP contribution in [0.5, 0.6) is 0 Å². The second kappa shape index (κ2) is 3.58. The first-order chi connectivity index (χ1) is 7.08. The molecule has 2 N–H and O–H groups in total. The average molecular weight is 213 g/mol. The standard InChI is InChI=1S/C10H9F2NO2/c11-7-1-5-3-9(10(14)15)13-4-6(5)2-8(7)12/h1-2,9,13H,3-4H2,(H,14,15)/t9-/m1/s1. The lowest BCUT2D eigenvalue weighted by Gasteiger charge is -2.23. The maximum Gasteiger partial charge on any atom is 0.321 e. The van der Waals surface area contributed by atoms with E-state index in [0.29, 0.717) is 11.1 Å². The van der Waals surface area contributed by atoms with E-state index >= 15 is 0 Å². The first kappa shape index (κ1) is 10.0. The molecule has 0 bridgehead atoms. The lowest BCUT2D eigenvalue weighted by Crippen LogP contribution is -2.41. The van der Waals surface area contributed by atoms with Gasteiger partial charge in [-0.15, -0.1) is 0 Å². The molecule has 1 heterocycles. The fourth-order valence-electron chi connectivity index (χ4n) is 1.68. The summed E-state index contributed by atoms with van der Waals surface area (Å²) in [4.78, 5) is 10.7. The molecule has 0 aliphatic carbocycles. The van der Waals surface area contributed by atoms with Gasteiger partial charge in [0.1, 0.15) is 6.04 Å². The highest BCUT2D eigenvalue weighted by Crippen LogP contribution is 2.20. The Balaban J connectivity index is 2.34. The summed E-state index contributed by atoms with van der Waals surface area (Å²) >= 11 is 0. The highest BCUT2D eigenvalue weighted by atomic mass is 19.2. The van der Waals surface area contributed by atoms with Gasteiger partial charge in [-0.2, -0.15) is 0 Å². The monoisotopic (exact) mass is 213 g/mol. The molecule has 0 aromatic heterocycles. The van der Waals surface area contributed by atoms with Gasteiger partial charge >= 0.3 is 5.97 Å². The maximum absolute atomic E-state index is 12.9. The number of carboxylic acids is 1. The van der Waals surface area contributed by atoms with Gasteiger partial charge in [0.25, 0.3) is 0 Å². The number of rotatable bonds is 1. The second-order valence-electron chi connectivity index (χ2n) is 3.51. The van der Waals surface area contributed by atoms with Crippen molar-refractivity contribution in [2.45, 2.75) is 19.0 Å². The summed E-state index contributed by atoms with van der Waals surface area (Å²) < 4.78 is 25.7. The van der Waals surface area contributed by atoms with Crippen molar-refractivity contribution in [2.75, 3.05) is 0 Å². The van der Waals surface area contributed by atoms with Gasteiger partial charge in [0, 0.05) is 6.54 Å². The van der Waals surface area contributed by atoms with Gasteiger partial charge in [0.05, 0.1) is 0 Å². The third-order valence-corrected chi connectivity index (χ3v) is 2.50. The van der Waals surface area contributed by atoms with Crippen LogP contribution in [-0.4, -0.2) is 17.1 Å². The summed E-state index contributed by atoms with van der Waals surface area (Å²) in [5.41, 5.74) is 1.17. The quantitative estimate of drug-likeness (QED) is 0.733. The molecule has 0 saturated heterocycles. The Hall–Kier alpha value is -1.49. The molecule has 1 atom stereocenters. The minimum Gasteiger partial charge on any atom is -0.480 e. The molecule has 0 spiro atoms. The Morgan fingerprint density at radius 1 is 1.33 bits per heavy atom. The molecular formula is C10H9F2NO2. The molecule has 5 heteroatoms. The average Bonchev–Trinajstić information content (AvgIpc) is 2.19. The van der Waals surface area contributed by atoms with Crippen LogP contribution in [0.4, 0.5) is 8.78 Å². The highest BCUT2D eigenvalue weighted by Gasteiger charge is 2.24. The predicted molar refractivity (Wildman–Crippen MR) is 48.3 cm³/mol. The molecule has 15 heavy (non-hydrogen) atoms. The number of benzene rings is 1. The van der Waals surface area contributed by atoms with E-state index in [0.717, 1.165) is 12.1 Å². The Morgan fingerprint density at radius 3 is 2.53 bits per heavy atom. The smallest absolute Gasteiger partial charge is 0.321 e. The molecule has 80 valence electrons. The number of nitrogens with one attached hydrogen (secondary N) is 1. The molecule has 2 rings (SSSR count). The van der Waals surface area contributed by atoms with Gasteiger partial charge < -0.3 is 10.4 Å². The van der Waals surface area contributed by atoms with Crippen LogP contribution in [0.1, 0.15) is 11.1 Å². The Labute approximate surface area is 84.7 Å². The Bertz CT molecular complexity index is 420. The first-order valence-electron chi connectivity index (χ1n) is 4.51. The van der Waals surface area contributed by atoms with Crippen molar-refractivity contribution >= 4 is 5.97 Å². The second-order valence-corrected chi connectivity index (χ2v) is 3.51. The van der Waals surface area contributed by atoms with Crippen LogP contribution < -0.4 is 5.32 Å². The van der Waals surface area contributed by atoms with Gasteiger partial charge in [-0.05, 0) is 29.7 Å². The van der Waals surface area contributed by atoms with E-state index in [2.05, 4.69) is 5.32 Å². The summed E-state index contributed by atoms with van der Waals surface area (Å²) in [5.74, 6) is -2.81. The van der Waals surface area contributed by atoms with Crippen LogP contribution in [-0.2, 0) is 17.8 Å². The zero-order valence-corrected chi connectivity index (χ0v) is 7.76. The van der Waals surface area contributed by atoms with E-state index in [-0.39, 0.29) is 13.0 Å². The van der Waals surface area contributed by atoms with E-state index in [4.69, 9.17) is 5.11 Å². The molecule has 1 aromatic carbocycles. The molecule has 0 fully saturated rings. The van der Waals surface area contributed by atoms with E-state index in [1.165, 1.54) is 0 Å². The summed E-state index contributed by atoms with van der Waals surface area (Å²) in [7, 11) is 0. The normalized spacial score (nSPS) is 19.7. The van der Waals surface area contributed by atoms with Crippen molar-refractivity contribution in [2.24, 2.45) is 0 Å². The van der Waals surface area contributed by atoms with Crippen LogP contribution in [0.15, 0.2) is 12.1 Å². The van der Waals surface area contributed by atoms with E-state index in [1.54, 1.807) is 0 Å². The molecule has 1 aliphatic heterocycles. The van der Waals surface area contributed by atoms with Crippen LogP contribution in [0.25, 0.3) is 0 Å². The predicted octanol–water partition coefficient (Wildman–Crippen LogP) is 1.06. The largest absolute Gasteiger partial charge is 0.480 e. The molecule has 1 aromatic rings.